The van der Waals surface area contributed by atoms with Gasteiger partial charge in [0.05, 0.1) is 6.10 Å². The Balaban J connectivity index is 1.61. The molecule has 2 heteroatoms. The Labute approximate surface area is 174 Å². The van der Waals surface area contributed by atoms with Gasteiger partial charge in [-0.15, -0.1) is 0 Å². The zero-order valence-corrected chi connectivity index (χ0v) is 17.0. The summed E-state index contributed by atoms with van der Waals surface area (Å²) in [6.45, 7) is 1.64. The maximum absolute atomic E-state index is 6.81. The lowest BCUT2D eigenvalue weighted by Gasteiger charge is -2.36. The Hall–Kier alpha value is -2.42. The molecular weight excluding hydrogens is 356 g/mol. The Bertz CT molecular complexity index is 743. The van der Waals surface area contributed by atoms with Crippen molar-refractivity contribution in [1.82, 2.24) is 0 Å². The first-order chi connectivity index (χ1) is 14.4. The minimum Gasteiger partial charge on any atom is -0.378 e. The third kappa shape index (κ3) is 4.60. The topological polar surface area (TPSA) is 18.5 Å². The highest BCUT2D eigenvalue weighted by Gasteiger charge is 2.37. The van der Waals surface area contributed by atoms with Gasteiger partial charge in [-0.2, -0.15) is 0 Å². The predicted octanol–water partition coefficient (Wildman–Crippen LogP) is 6.34. The highest BCUT2D eigenvalue weighted by Crippen LogP contribution is 2.40. The van der Waals surface area contributed by atoms with Gasteiger partial charge in [0.1, 0.15) is 5.60 Å². The van der Waals surface area contributed by atoms with Crippen molar-refractivity contribution in [2.45, 2.75) is 43.8 Å². The SMILES string of the molecule is c1ccc(C(OCCCC[C@@H]2CCCO2)(c2ccccc2)c2ccccc2)cc1. The van der Waals surface area contributed by atoms with Crippen LogP contribution >= 0.6 is 0 Å². The summed E-state index contributed by atoms with van der Waals surface area (Å²) in [6, 6.07) is 31.8. The van der Waals surface area contributed by atoms with E-state index in [1.165, 1.54) is 12.8 Å². The van der Waals surface area contributed by atoms with Crippen LogP contribution in [0.3, 0.4) is 0 Å². The summed E-state index contributed by atoms with van der Waals surface area (Å²) in [7, 11) is 0. The third-order valence-corrected chi connectivity index (χ3v) is 5.80. The van der Waals surface area contributed by atoms with Gasteiger partial charge in [0.25, 0.3) is 0 Å². The van der Waals surface area contributed by atoms with Crippen molar-refractivity contribution in [2.24, 2.45) is 0 Å². The molecule has 4 rings (SSSR count). The zero-order chi connectivity index (χ0) is 19.8. The van der Waals surface area contributed by atoms with E-state index in [9.17, 15) is 0 Å². The van der Waals surface area contributed by atoms with E-state index in [0.717, 1.165) is 42.6 Å². The molecule has 3 aromatic carbocycles. The van der Waals surface area contributed by atoms with Crippen LogP contribution in [-0.4, -0.2) is 19.3 Å². The molecule has 1 atom stereocenters. The molecule has 0 radical (unpaired) electrons. The first-order valence-electron chi connectivity index (χ1n) is 10.8. The molecule has 0 unspecified atom stereocenters. The van der Waals surface area contributed by atoms with E-state index in [1.54, 1.807) is 0 Å². The summed E-state index contributed by atoms with van der Waals surface area (Å²) in [6.07, 6.45) is 6.19. The van der Waals surface area contributed by atoms with E-state index in [0.29, 0.717) is 12.7 Å². The summed E-state index contributed by atoms with van der Waals surface area (Å²) in [4.78, 5) is 0. The van der Waals surface area contributed by atoms with Crippen LogP contribution in [0.1, 0.15) is 48.8 Å². The molecule has 3 aromatic rings. The van der Waals surface area contributed by atoms with E-state index >= 15 is 0 Å². The zero-order valence-electron chi connectivity index (χ0n) is 17.0. The molecule has 150 valence electrons. The fourth-order valence-corrected chi connectivity index (χ4v) is 4.34. The molecular formula is C27H30O2. The van der Waals surface area contributed by atoms with Gasteiger partial charge in [-0.1, -0.05) is 91.0 Å². The molecule has 29 heavy (non-hydrogen) atoms. The Morgan fingerprint density at radius 2 is 1.24 bits per heavy atom. The van der Waals surface area contributed by atoms with Crippen LogP contribution in [0.4, 0.5) is 0 Å². The number of unbranched alkanes of at least 4 members (excludes halogenated alkanes) is 1. The fourth-order valence-electron chi connectivity index (χ4n) is 4.34. The lowest BCUT2D eigenvalue weighted by Crippen LogP contribution is -2.33. The quantitative estimate of drug-likeness (QED) is 0.315. The van der Waals surface area contributed by atoms with Crippen LogP contribution in [0.25, 0.3) is 0 Å². The minimum atomic E-state index is -0.604. The van der Waals surface area contributed by atoms with Gasteiger partial charge in [0.15, 0.2) is 0 Å². The molecule has 0 saturated carbocycles. The van der Waals surface area contributed by atoms with Crippen LogP contribution < -0.4 is 0 Å². The van der Waals surface area contributed by atoms with E-state index in [2.05, 4.69) is 91.0 Å². The van der Waals surface area contributed by atoms with E-state index in [-0.39, 0.29) is 0 Å². The second kappa shape index (κ2) is 9.87. The number of hydrogen-bond acceptors (Lipinski definition) is 2. The van der Waals surface area contributed by atoms with E-state index in [4.69, 9.17) is 9.47 Å². The predicted molar refractivity (Wildman–Crippen MR) is 118 cm³/mol. The maximum atomic E-state index is 6.81. The Morgan fingerprint density at radius 1 is 0.724 bits per heavy atom. The smallest absolute Gasteiger partial charge is 0.143 e. The monoisotopic (exact) mass is 386 g/mol. The van der Waals surface area contributed by atoms with Crippen LogP contribution in [0, 0.1) is 0 Å². The molecule has 2 nitrogen and oxygen atoms in total. The number of rotatable bonds is 9. The largest absolute Gasteiger partial charge is 0.378 e. The number of ether oxygens (including phenoxy) is 2. The highest BCUT2D eigenvalue weighted by molar-refractivity contribution is 5.47. The van der Waals surface area contributed by atoms with Crippen molar-refractivity contribution in [2.75, 3.05) is 13.2 Å². The normalized spacial score (nSPS) is 16.8. The van der Waals surface area contributed by atoms with Crippen LogP contribution in [0.5, 0.6) is 0 Å². The van der Waals surface area contributed by atoms with Crippen molar-refractivity contribution in [3.8, 4) is 0 Å². The van der Waals surface area contributed by atoms with Crippen LogP contribution in [-0.2, 0) is 15.1 Å². The molecule has 1 aliphatic heterocycles. The summed E-state index contributed by atoms with van der Waals surface area (Å²) >= 11 is 0. The number of hydrogen-bond donors (Lipinski definition) is 0. The Kier molecular flexibility index (Phi) is 6.76. The third-order valence-electron chi connectivity index (χ3n) is 5.80. The standard InChI is InChI=1S/C27H30O2/c1-4-13-23(14-5-1)27(24-15-6-2-7-16-24,25-17-8-3-9-18-25)29-22-11-10-19-26-20-12-21-28-26/h1-9,13-18,26H,10-12,19-22H2/t26-/m1/s1. The van der Waals surface area contributed by atoms with Gasteiger partial charge in [-0.25, -0.2) is 0 Å². The first kappa shape index (κ1) is 19.9. The lowest BCUT2D eigenvalue weighted by atomic mass is 9.80. The van der Waals surface area contributed by atoms with Gasteiger partial charge in [0, 0.05) is 13.2 Å². The van der Waals surface area contributed by atoms with Crippen LogP contribution in [0.15, 0.2) is 91.0 Å². The number of benzene rings is 3. The highest BCUT2D eigenvalue weighted by atomic mass is 16.5. The molecule has 0 aromatic heterocycles. The molecule has 1 saturated heterocycles. The van der Waals surface area contributed by atoms with Gasteiger partial charge in [-0.05, 0) is 48.8 Å². The second-order valence-corrected chi connectivity index (χ2v) is 7.76. The molecule has 0 amide bonds. The van der Waals surface area contributed by atoms with Crippen molar-refractivity contribution in [1.29, 1.82) is 0 Å². The molecule has 1 aliphatic rings. The molecule has 0 N–H and O–H groups in total. The molecule has 1 heterocycles. The van der Waals surface area contributed by atoms with Gasteiger partial charge < -0.3 is 9.47 Å². The lowest BCUT2D eigenvalue weighted by molar-refractivity contribution is 0.00892. The molecule has 0 bridgehead atoms. The second-order valence-electron chi connectivity index (χ2n) is 7.76. The van der Waals surface area contributed by atoms with Gasteiger partial charge >= 0.3 is 0 Å². The summed E-state index contributed by atoms with van der Waals surface area (Å²) in [5.74, 6) is 0. The van der Waals surface area contributed by atoms with Gasteiger partial charge in [-0.3, -0.25) is 0 Å². The molecule has 0 spiro atoms. The molecule has 0 aliphatic carbocycles. The summed E-state index contributed by atoms with van der Waals surface area (Å²) in [5, 5.41) is 0. The van der Waals surface area contributed by atoms with Crippen molar-refractivity contribution >= 4 is 0 Å². The average Bonchev–Trinajstić information content (AvgIpc) is 3.32. The maximum Gasteiger partial charge on any atom is 0.143 e. The van der Waals surface area contributed by atoms with Crippen molar-refractivity contribution in [3.05, 3.63) is 108 Å². The van der Waals surface area contributed by atoms with E-state index < -0.39 is 5.60 Å². The van der Waals surface area contributed by atoms with Crippen molar-refractivity contribution < 1.29 is 9.47 Å². The minimum absolute atomic E-state index is 0.456. The molecule has 1 fully saturated rings. The average molecular weight is 387 g/mol. The fraction of sp³-hybridized carbons (Fsp3) is 0.333. The van der Waals surface area contributed by atoms with Crippen molar-refractivity contribution in [3.63, 3.8) is 0 Å². The van der Waals surface area contributed by atoms with Crippen LogP contribution in [0.2, 0.25) is 0 Å². The summed E-state index contributed by atoms with van der Waals surface area (Å²) in [5.41, 5.74) is 2.89. The van der Waals surface area contributed by atoms with E-state index in [1.807, 2.05) is 0 Å². The first-order valence-corrected chi connectivity index (χ1v) is 10.8. The summed E-state index contributed by atoms with van der Waals surface area (Å²) < 4.78 is 12.6. The Morgan fingerprint density at radius 3 is 1.69 bits per heavy atom. The van der Waals surface area contributed by atoms with Gasteiger partial charge in [0.2, 0.25) is 0 Å².